The van der Waals surface area contributed by atoms with E-state index in [4.69, 9.17) is 9.47 Å². The number of fused-ring (bicyclic) bond motifs is 1. The summed E-state index contributed by atoms with van der Waals surface area (Å²) in [7, 11) is 0. The lowest BCUT2D eigenvalue weighted by Gasteiger charge is -2.28. The second kappa shape index (κ2) is 8.88. The predicted molar refractivity (Wildman–Crippen MR) is 111 cm³/mol. The van der Waals surface area contributed by atoms with Crippen LogP contribution < -0.4 is 10.1 Å². The van der Waals surface area contributed by atoms with E-state index < -0.39 is 23.4 Å². The number of carbonyl (C=O) groups is 1. The van der Waals surface area contributed by atoms with Crippen LogP contribution in [0.3, 0.4) is 0 Å². The third-order valence-electron chi connectivity index (χ3n) is 5.38. The normalized spacial score (nSPS) is 15.5. The first-order chi connectivity index (χ1) is 15.5. The SMILES string of the molecule is CCOc1cc2nc(C3(C#N)CCOCC3)cn2cc1NC(=O)c1cccc(C(F)F)n1. The molecule has 4 rings (SSSR count). The molecule has 10 heteroatoms. The van der Waals surface area contributed by atoms with Gasteiger partial charge in [0.25, 0.3) is 12.3 Å². The number of rotatable bonds is 6. The van der Waals surface area contributed by atoms with Gasteiger partial charge < -0.3 is 19.2 Å². The first kappa shape index (κ1) is 21.6. The number of ether oxygens (including phenoxy) is 2. The van der Waals surface area contributed by atoms with Gasteiger partial charge in [-0.05, 0) is 31.9 Å². The average molecular weight is 441 g/mol. The zero-order valence-electron chi connectivity index (χ0n) is 17.3. The van der Waals surface area contributed by atoms with Crippen molar-refractivity contribution in [2.24, 2.45) is 0 Å². The average Bonchev–Trinajstić information content (AvgIpc) is 3.23. The number of hydrogen-bond acceptors (Lipinski definition) is 6. The van der Waals surface area contributed by atoms with Crippen LogP contribution in [0.4, 0.5) is 14.5 Å². The summed E-state index contributed by atoms with van der Waals surface area (Å²) in [5.74, 6) is -0.278. The quantitative estimate of drug-likeness (QED) is 0.623. The van der Waals surface area contributed by atoms with Gasteiger partial charge in [0.15, 0.2) is 0 Å². The van der Waals surface area contributed by atoms with E-state index in [0.29, 0.717) is 55.4 Å². The minimum atomic E-state index is -2.78. The van der Waals surface area contributed by atoms with Crippen LogP contribution in [0.2, 0.25) is 0 Å². The van der Waals surface area contributed by atoms with E-state index in [1.54, 1.807) is 29.8 Å². The Morgan fingerprint density at radius 3 is 2.81 bits per heavy atom. The Labute approximate surface area is 182 Å². The zero-order chi connectivity index (χ0) is 22.7. The molecule has 0 aromatic carbocycles. The number of anilines is 1. The molecule has 0 unspecified atom stereocenters. The Bertz CT molecular complexity index is 1180. The molecular formula is C22H21F2N5O3. The van der Waals surface area contributed by atoms with Gasteiger partial charge in [0.1, 0.15) is 33.9 Å². The number of nitrogens with zero attached hydrogens (tertiary/aromatic N) is 4. The summed E-state index contributed by atoms with van der Waals surface area (Å²) in [6, 6.07) is 7.93. The van der Waals surface area contributed by atoms with Gasteiger partial charge in [0, 0.05) is 31.7 Å². The van der Waals surface area contributed by atoms with E-state index in [1.807, 2.05) is 0 Å². The molecule has 1 aliphatic rings. The molecule has 0 radical (unpaired) electrons. The number of aromatic nitrogens is 3. The molecule has 3 aromatic heterocycles. The van der Waals surface area contributed by atoms with Crippen molar-refractivity contribution < 1.29 is 23.0 Å². The number of nitriles is 1. The maximum absolute atomic E-state index is 12.9. The molecule has 8 nitrogen and oxygen atoms in total. The van der Waals surface area contributed by atoms with Crippen molar-refractivity contribution in [1.29, 1.82) is 5.26 Å². The Morgan fingerprint density at radius 2 is 2.12 bits per heavy atom. The summed E-state index contributed by atoms with van der Waals surface area (Å²) >= 11 is 0. The van der Waals surface area contributed by atoms with Crippen LogP contribution >= 0.6 is 0 Å². The second-order valence-electron chi connectivity index (χ2n) is 7.38. The number of amides is 1. The minimum Gasteiger partial charge on any atom is -0.491 e. The monoisotopic (exact) mass is 441 g/mol. The lowest BCUT2D eigenvalue weighted by Crippen LogP contribution is -2.32. The Hall–Kier alpha value is -3.58. The van der Waals surface area contributed by atoms with Crippen LogP contribution in [-0.4, -0.2) is 40.1 Å². The molecule has 1 amide bonds. The Morgan fingerprint density at radius 1 is 1.34 bits per heavy atom. The van der Waals surface area contributed by atoms with Gasteiger partial charge in [-0.3, -0.25) is 4.79 Å². The van der Waals surface area contributed by atoms with Crippen LogP contribution in [0.1, 0.15) is 48.1 Å². The topological polar surface area (TPSA) is 102 Å². The van der Waals surface area contributed by atoms with Crippen molar-refractivity contribution in [3.63, 3.8) is 0 Å². The highest BCUT2D eigenvalue weighted by molar-refractivity contribution is 6.03. The summed E-state index contributed by atoms with van der Waals surface area (Å²) in [5, 5.41) is 12.5. The fourth-order valence-electron chi connectivity index (χ4n) is 3.65. The standard InChI is InChI=1S/C22H21F2N5O3/c1-2-32-17-10-19-28-18(22(13-25)6-8-31-9-7-22)12-29(19)11-16(17)27-21(30)15-5-3-4-14(26-15)20(23)24/h3-5,10-12,20H,2,6-9H2,1H3,(H,27,30). The van der Waals surface area contributed by atoms with Crippen molar-refractivity contribution in [1.82, 2.24) is 14.4 Å². The van der Waals surface area contributed by atoms with E-state index in [0.717, 1.165) is 6.07 Å². The van der Waals surface area contributed by atoms with E-state index in [9.17, 15) is 18.8 Å². The molecule has 0 atom stereocenters. The first-order valence-electron chi connectivity index (χ1n) is 10.2. The fraction of sp³-hybridized carbons (Fsp3) is 0.364. The number of halogens is 2. The van der Waals surface area contributed by atoms with Gasteiger partial charge >= 0.3 is 0 Å². The minimum absolute atomic E-state index is 0.137. The smallest absolute Gasteiger partial charge is 0.280 e. The molecule has 4 heterocycles. The zero-order valence-corrected chi connectivity index (χ0v) is 17.3. The maximum Gasteiger partial charge on any atom is 0.280 e. The highest BCUT2D eigenvalue weighted by Crippen LogP contribution is 2.35. The third-order valence-corrected chi connectivity index (χ3v) is 5.38. The van der Waals surface area contributed by atoms with Gasteiger partial charge in [0.2, 0.25) is 0 Å². The van der Waals surface area contributed by atoms with Gasteiger partial charge in [-0.25, -0.2) is 18.7 Å². The van der Waals surface area contributed by atoms with Crippen LogP contribution in [0.25, 0.3) is 5.65 Å². The number of alkyl halides is 2. The highest BCUT2D eigenvalue weighted by atomic mass is 19.3. The summed E-state index contributed by atoms with van der Waals surface area (Å²) < 4.78 is 38.6. The van der Waals surface area contributed by atoms with E-state index in [2.05, 4.69) is 21.4 Å². The number of pyridine rings is 2. The van der Waals surface area contributed by atoms with Crippen molar-refractivity contribution >= 4 is 17.2 Å². The van der Waals surface area contributed by atoms with Crippen LogP contribution in [0.15, 0.2) is 36.7 Å². The molecule has 3 aromatic rings. The number of imidazole rings is 1. The van der Waals surface area contributed by atoms with Crippen LogP contribution in [-0.2, 0) is 10.2 Å². The Balaban J connectivity index is 1.69. The summed E-state index contributed by atoms with van der Waals surface area (Å²) in [6.45, 7) is 3.10. The second-order valence-corrected chi connectivity index (χ2v) is 7.38. The molecule has 0 bridgehead atoms. The predicted octanol–water partition coefficient (Wildman–Crippen LogP) is 3.89. The number of hydrogen-bond donors (Lipinski definition) is 1. The lowest BCUT2D eigenvalue weighted by molar-refractivity contribution is 0.0665. The van der Waals surface area contributed by atoms with Crippen LogP contribution in [0, 0.1) is 11.3 Å². The third kappa shape index (κ3) is 4.11. The molecule has 1 N–H and O–H groups in total. The summed E-state index contributed by atoms with van der Waals surface area (Å²) in [6.07, 6.45) is 1.68. The van der Waals surface area contributed by atoms with Crippen LogP contribution in [0.5, 0.6) is 5.75 Å². The van der Waals surface area contributed by atoms with Crippen molar-refractivity contribution in [2.45, 2.75) is 31.6 Å². The molecular weight excluding hydrogens is 420 g/mol. The Kier molecular flexibility index (Phi) is 6.01. The van der Waals surface area contributed by atoms with E-state index in [-0.39, 0.29) is 5.69 Å². The van der Waals surface area contributed by atoms with Gasteiger partial charge in [0.05, 0.1) is 18.4 Å². The molecule has 1 fully saturated rings. The van der Waals surface area contributed by atoms with Gasteiger partial charge in [-0.2, -0.15) is 5.26 Å². The summed E-state index contributed by atoms with van der Waals surface area (Å²) in [5.41, 5.74) is 0.161. The molecule has 0 spiro atoms. The largest absolute Gasteiger partial charge is 0.491 e. The van der Waals surface area contributed by atoms with Gasteiger partial charge in [-0.1, -0.05) is 6.07 Å². The molecule has 0 aliphatic carbocycles. The first-order valence-corrected chi connectivity index (χ1v) is 10.2. The van der Waals surface area contributed by atoms with E-state index in [1.165, 1.54) is 12.1 Å². The van der Waals surface area contributed by atoms with Gasteiger partial charge in [-0.15, -0.1) is 0 Å². The number of carbonyl (C=O) groups excluding carboxylic acids is 1. The van der Waals surface area contributed by atoms with Crippen molar-refractivity contribution in [3.8, 4) is 11.8 Å². The molecule has 32 heavy (non-hydrogen) atoms. The lowest BCUT2D eigenvalue weighted by atomic mass is 9.79. The fourth-order valence-corrected chi connectivity index (χ4v) is 3.65. The summed E-state index contributed by atoms with van der Waals surface area (Å²) in [4.78, 5) is 21.0. The molecule has 1 aliphatic heterocycles. The number of nitrogens with one attached hydrogen (secondary N) is 1. The van der Waals surface area contributed by atoms with E-state index >= 15 is 0 Å². The van der Waals surface area contributed by atoms with Crippen molar-refractivity contribution in [3.05, 3.63) is 53.7 Å². The molecule has 0 saturated carbocycles. The highest BCUT2D eigenvalue weighted by Gasteiger charge is 2.37. The maximum atomic E-state index is 12.9. The molecule has 1 saturated heterocycles. The van der Waals surface area contributed by atoms with Crippen molar-refractivity contribution in [2.75, 3.05) is 25.1 Å². The molecule has 166 valence electrons.